The van der Waals surface area contributed by atoms with Crippen molar-refractivity contribution in [2.75, 3.05) is 14.2 Å². The van der Waals surface area contributed by atoms with E-state index in [0.717, 1.165) is 25.7 Å². The van der Waals surface area contributed by atoms with Gasteiger partial charge < -0.3 is 15.4 Å². The normalized spacial score (nSPS) is 19.1. The maximum Gasteiger partial charge on any atom is 0.328 e. The SMILES string of the molecule is CNC1(CC(=O)NC(CC(C)C)C(=O)OC)CCCCC1. The first-order chi connectivity index (χ1) is 9.92. The van der Waals surface area contributed by atoms with Crippen LogP contribution >= 0.6 is 0 Å². The van der Waals surface area contributed by atoms with Crippen LogP contribution in [0.3, 0.4) is 0 Å². The van der Waals surface area contributed by atoms with Gasteiger partial charge >= 0.3 is 5.97 Å². The van der Waals surface area contributed by atoms with E-state index >= 15 is 0 Å². The number of hydrogen-bond acceptors (Lipinski definition) is 4. The molecule has 5 heteroatoms. The predicted octanol–water partition coefficient (Wildman–Crippen LogP) is 2.00. The molecular formula is C16H30N2O3. The first-order valence-electron chi connectivity index (χ1n) is 7.98. The molecule has 0 aromatic carbocycles. The van der Waals surface area contributed by atoms with Gasteiger partial charge in [-0.3, -0.25) is 4.79 Å². The summed E-state index contributed by atoms with van der Waals surface area (Å²) in [6, 6.07) is -0.542. The van der Waals surface area contributed by atoms with Crippen LogP contribution in [0.25, 0.3) is 0 Å². The minimum atomic E-state index is -0.542. The second kappa shape index (κ2) is 8.37. The molecular weight excluding hydrogens is 268 g/mol. The van der Waals surface area contributed by atoms with Crippen LogP contribution < -0.4 is 10.6 Å². The third-order valence-electron chi connectivity index (χ3n) is 4.37. The zero-order valence-electron chi connectivity index (χ0n) is 13.8. The Hall–Kier alpha value is -1.10. The zero-order valence-corrected chi connectivity index (χ0v) is 13.8. The van der Waals surface area contributed by atoms with Crippen LogP contribution in [0.4, 0.5) is 0 Å². The van der Waals surface area contributed by atoms with Crippen LogP contribution in [-0.2, 0) is 14.3 Å². The monoisotopic (exact) mass is 298 g/mol. The molecule has 1 unspecified atom stereocenters. The molecule has 0 spiro atoms. The van der Waals surface area contributed by atoms with Gasteiger partial charge in [-0.2, -0.15) is 0 Å². The number of rotatable bonds is 7. The molecule has 1 rings (SSSR count). The number of hydrogen-bond donors (Lipinski definition) is 2. The Kier molecular flexibility index (Phi) is 7.15. The average molecular weight is 298 g/mol. The lowest BCUT2D eigenvalue weighted by atomic mass is 9.79. The minimum absolute atomic E-state index is 0.0673. The average Bonchev–Trinajstić information content (AvgIpc) is 2.46. The Labute approximate surface area is 128 Å². The number of carbonyl (C=O) groups excluding carboxylic acids is 2. The molecule has 0 radical (unpaired) electrons. The number of esters is 1. The molecule has 122 valence electrons. The summed E-state index contributed by atoms with van der Waals surface area (Å²) in [5.74, 6) is -0.108. The van der Waals surface area contributed by atoms with E-state index in [1.807, 2.05) is 20.9 Å². The largest absolute Gasteiger partial charge is 0.467 e. The van der Waals surface area contributed by atoms with Gasteiger partial charge in [-0.15, -0.1) is 0 Å². The molecule has 0 aromatic heterocycles. The van der Waals surface area contributed by atoms with Gasteiger partial charge in [0.15, 0.2) is 0 Å². The molecule has 1 fully saturated rings. The van der Waals surface area contributed by atoms with Crippen LogP contribution in [0.2, 0.25) is 0 Å². The van der Waals surface area contributed by atoms with Crippen molar-refractivity contribution in [2.45, 2.75) is 70.4 Å². The summed E-state index contributed by atoms with van der Waals surface area (Å²) in [7, 11) is 3.28. The first kappa shape index (κ1) is 18.0. The van der Waals surface area contributed by atoms with E-state index in [4.69, 9.17) is 4.74 Å². The number of nitrogens with one attached hydrogen (secondary N) is 2. The van der Waals surface area contributed by atoms with Crippen LogP contribution in [0.15, 0.2) is 0 Å². The third kappa shape index (κ3) is 5.65. The molecule has 0 saturated heterocycles. The van der Waals surface area contributed by atoms with Crippen molar-refractivity contribution < 1.29 is 14.3 Å². The number of methoxy groups -OCH3 is 1. The van der Waals surface area contributed by atoms with Gasteiger partial charge in [0.05, 0.1) is 7.11 Å². The highest BCUT2D eigenvalue weighted by Gasteiger charge is 2.34. The minimum Gasteiger partial charge on any atom is -0.467 e. The van der Waals surface area contributed by atoms with E-state index in [0.29, 0.717) is 18.8 Å². The molecule has 0 bridgehead atoms. The lowest BCUT2D eigenvalue weighted by Crippen LogP contribution is -2.51. The molecule has 1 aliphatic carbocycles. The van der Waals surface area contributed by atoms with Gasteiger partial charge in [0.25, 0.3) is 0 Å². The summed E-state index contributed by atoms with van der Waals surface area (Å²) in [4.78, 5) is 24.1. The molecule has 1 amide bonds. The van der Waals surface area contributed by atoms with E-state index in [-0.39, 0.29) is 17.4 Å². The van der Waals surface area contributed by atoms with E-state index < -0.39 is 6.04 Å². The van der Waals surface area contributed by atoms with E-state index in [1.165, 1.54) is 13.5 Å². The van der Waals surface area contributed by atoms with Gasteiger partial charge in [0, 0.05) is 12.0 Å². The van der Waals surface area contributed by atoms with E-state index in [9.17, 15) is 9.59 Å². The Balaban J connectivity index is 2.61. The van der Waals surface area contributed by atoms with Crippen LogP contribution in [0.1, 0.15) is 58.8 Å². The van der Waals surface area contributed by atoms with E-state index in [1.54, 1.807) is 0 Å². The van der Waals surface area contributed by atoms with Gasteiger partial charge in [0.2, 0.25) is 5.91 Å². The molecule has 1 saturated carbocycles. The number of carbonyl (C=O) groups is 2. The summed E-state index contributed by atoms with van der Waals surface area (Å²) < 4.78 is 4.79. The highest BCUT2D eigenvalue weighted by molar-refractivity contribution is 5.85. The van der Waals surface area contributed by atoms with Crippen molar-refractivity contribution in [2.24, 2.45) is 5.92 Å². The van der Waals surface area contributed by atoms with Crippen molar-refractivity contribution in [3.63, 3.8) is 0 Å². The fourth-order valence-electron chi connectivity index (χ4n) is 3.12. The zero-order chi connectivity index (χ0) is 15.9. The van der Waals surface area contributed by atoms with Crippen molar-refractivity contribution in [3.05, 3.63) is 0 Å². The van der Waals surface area contributed by atoms with Crippen molar-refractivity contribution in [3.8, 4) is 0 Å². The second-order valence-electron chi connectivity index (χ2n) is 6.54. The number of amides is 1. The summed E-state index contributed by atoms with van der Waals surface area (Å²) in [6.45, 7) is 4.05. The fraction of sp³-hybridized carbons (Fsp3) is 0.875. The van der Waals surface area contributed by atoms with Gasteiger partial charge in [0.1, 0.15) is 6.04 Å². The molecule has 0 aliphatic heterocycles. The van der Waals surface area contributed by atoms with Crippen LogP contribution in [-0.4, -0.2) is 37.6 Å². The van der Waals surface area contributed by atoms with Crippen molar-refractivity contribution in [1.82, 2.24) is 10.6 Å². The maximum absolute atomic E-state index is 12.3. The van der Waals surface area contributed by atoms with Crippen molar-refractivity contribution in [1.29, 1.82) is 0 Å². The smallest absolute Gasteiger partial charge is 0.328 e. The topological polar surface area (TPSA) is 67.4 Å². The van der Waals surface area contributed by atoms with Crippen molar-refractivity contribution >= 4 is 11.9 Å². The van der Waals surface area contributed by atoms with Gasteiger partial charge in [-0.05, 0) is 32.2 Å². The summed E-state index contributed by atoms with van der Waals surface area (Å²) >= 11 is 0. The maximum atomic E-state index is 12.3. The molecule has 21 heavy (non-hydrogen) atoms. The Morgan fingerprint density at radius 3 is 2.29 bits per heavy atom. The van der Waals surface area contributed by atoms with Gasteiger partial charge in [-0.1, -0.05) is 33.1 Å². The molecule has 1 aliphatic rings. The lowest BCUT2D eigenvalue weighted by molar-refractivity contribution is -0.145. The highest BCUT2D eigenvalue weighted by atomic mass is 16.5. The highest BCUT2D eigenvalue weighted by Crippen LogP contribution is 2.30. The summed E-state index contributed by atoms with van der Waals surface area (Å²) in [5.41, 5.74) is -0.110. The fourth-order valence-corrected chi connectivity index (χ4v) is 3.12. The van der Waals surface area contributed by atoms with Crippen LogP contribution in [0.5, 0.6) is 0 Å². The summed E-state index contributed by atoms with van der Waals surface area (Å²) in [5, 5.41) is 6.18. The van der Waals surface area contributed by atoms with Crippen LogP contribution in [0, 0.1) is 5.92 Å². The molecule has 5 nitrogen and oxygen atoms in total. The first-order valence-corrected chi connectivity index (χ1v) is 7.98. The predicted molar refractivity (Wildman–Crippen MR) is 82.9 cm³/mol. The Morgan fingerprint density at radius 2 is 1.81 bits per heavy atom. The summed E-state index contributed by atoms with van der Waals surface area (Å²) in [6.07, 6.45) is 6.61. The molecule has 2 N–H and O–H groups in total. The standard InChI is InChI=1S/C16H30N2O3/c1-12(2)10-13(15(20)21-4)18-14(19)11-16(17-3)8-6-5-7-9-16/h12-13,17H,5-11H2,1-4H3,(H,18,19). The van der Waals surface area contributed by atoms with E-state index in [2.05, 4.69) is 10.6 Å². The quantitative estimate of drug-likeness (QED) is 0.706. The Morgan fingerprint density at radius 1 is 1.19 bits per heavy atom. The molecule has 1 atom stereocenters. The molecule has 0 aromatic rings. The number of ether oxygens (including phenoxy) is 1. The van der Waals surface area contributed by atoms with Gasteiger partial charge in [-0.25, -0.2) is 4.79 Å². The lowest BCUT2D eigenvalue weighted by Gasteiger charge is -2.37. The second-order valence-corrected chi connectivity index (χ2v) is 6.54. The molecule has 0 heterocycles. The third-order valence-corrected chi connectivity index (χ3v) is 4.37. The Bertz CT molecular complexity index is 349.